The van der Waals surface area contributed by atoms with Crippen LogP contribution in [0.2, 0.25) is 0 Å². The number of hydrogen-bond donors (Lipinski definition) is 4. The SMILES string of the molecule is O=P(O)(O)C(CCc1ccc(F)cn1)P(=O)(O)O. The maximum atomic E-state index is 12.6. The highest BCUT2D eigenvalue weighted by Crippen LogP contribution is 2.61. The van der Waals surface area contributed by atoms with Gasteiger partial charge in [0.2, 0.25) is 0 Å². The van der Waals surface area contributed by atoms with Crippen LogP contribution in [0.25, 0.3) is 0 Å². The van der Waals surface area contributed by atoms with Crippen LogP contribution >= 0.6 is 15.2 Å². The topological polar surface area (TPSA) is 128 Å². The van der Waals surface area contributed by atoms with Crippen LogP contribution in [0, 0.1) is 5.82 Å². The van der Waals surface area contributed by atoms with Crippen molar-refractivity contribution in [3.63, 3.8) is 0 Å². The van der Waals surface area contributed by atoms with E-state index < -0.39 is 32.8 Å². The zero-order chi connectivity index (χ0) is 14.0. The summed E-state index contributed by atoms with van der Waals surface area (Å²) in [6, 6.07) is 2.39. The summed E-state index contributed by atoms with van der Waals surface area (Å²) in [5.74, 6) is -0.569. The molecule has 0 aromatic carbocycles. The van der Waals surface area contributed by atoms with Crippen molar-refractivity contribution in [3.05, 3.63) is 29.8 Å². The molecule has 1 aromatic heterocycles. The van der Waals surface area contributed by atoms with E-state index in [2.05, 4.69) is 4.98 Å². The lowest BCUT2D eigenvalue weighted by atomic mass is 10.2. The van der Waals surface area contributed by atoms with Gasteiger partial charge < -0.3 is 19.6 Å². The number of pyridine rings is 1. The lowest BCUT2D eigenvalue weighted by Crippen LogP contribution is -2.11. The Labute approximate surface area is 102 Å². The molecule has 7 nitrogen and oxygen atoms in total. The summed E-state index contributed by atoms with van der Waals surface area (Å²) < 4.78 is 34.5. The predicted molar refractivity (Wildman–Crippen MR) is 60.4 cm³/mol. The summed E-state index contributed by atoms with van der Waals surface area (Å²) in [6.45, 7) is 0. The van der Waals surface area contributed by atoms with Crippen molar-refractivity contribution in [3.8, 4) is 0 Å². The Morgan fingerprint density at radius 1 is 1.17 bits per heavy atom. The van der Waals surface area contributed by atoms with Crippen LogP contribution in [0.5, 0.6) is 0 Å². The summed E-state index contributed by atoms with van der Waals surface area (Å²) in [7, 11) is -9.82. The van der Waals surface area contributed by atoms with E-state index in [1.807, 2.05) is 0 Å². The first-order valence-electron chi connectivity index (χ1n) is 4.81. The largest absolute Gasteiger partial charge is 0.340 e. The normalized spacial score (nSPS) is 13.0. The Kier molecular flexibility index (Phi) is 4.78. The number of nitrogens with zero attached hydrogens (tertiary/aromatic N) is 1. The van der Waals surface area contributed by atoms with Crippen molar-refractivity contribution in [2.75, 3.05) is 0 Å². The van der Waals surface area contributed by atoms with Gasteiger partial charge in [-0.1, -0.05) is 0 Å². The minimum atomic E-state index is -4.91. The molecular formula is C8H12FNO6P2. The van der Waals surface area contributed by atoms with E-state index in [1.54, 1.807) is 0 Å². The van der Waals surface area contributed by atoms with Gasteiger partial charge in [0.15, 0.2) is 5.40 Å². The van der Waals surface area contributed by atoms with E-state index in [-0.39, 0.29) is 6.42 Å². The Hall–Kier alpha value is -0.620. The Balaban J connectivity index is 2.78. The van der Waals surface area contributed by atoms with Crippen LogP contribution in [-0.4, -0.2) is 30.0 Å². The molecule has 0 aliphatic heterocycles. The fraction of sp³-hybridized carbons (Fsp3) is 0.375. The van der Waals surface area contributed by atoms with Crippen molar-refractivity contribution in [1.82, 2.24) is 4.98 Å². The summed E-state index contributed by atoms with van der Waals surface area (Å²) in [5, 5.41) is -2.06. The molecule has 0 unspecified atom stereocenters. The molecule has 1 rings (SSSR count). The lowest BCUT2D eigenvalue weighted by Gasteiger charge is -2.19. The highest BCUT2D eigenvalue weighted by molar-refractivity contribution is 7.70. The average molecular weight is 299 g/mol. The van der Waals surface area contributed by atoms with Crippen molar-refractivity contribution < 1.29 is 33.1 Å². The molecular weight excluding hydrogens is 287 g/mol. The average Bonchev–Trinajstić information content (AvgIpc) is 2.17. The van der Waals surface area contributed by atoms with Gasteiger partial charge in [-0.15, -0.1) is 0 Å². The summed E-state index contributed by atoms with van der Waals surface area (Å²) in [6.07, 6.45) is 0.410. The third kappa shape index (κ3) is 4.57. The van der Waals surface area contributed by atoms with E-state index in [0.29, 0.717) is 5.69 Å². The quantitative estimate of drug-likeness (QED) is 0.593. The molecule has 18 heavy (non-hydrogen) atoms. The minimum absolute atomic E-state index is 0.0683. The molecule has 10 heteroatoms. The molecule has 0 aliphatic carbocycles. The first kappa shape index (κ1) is 15.4. The second kappa shape index (κ2) is 5.57. The maximum absolute atomic E-state index is 12.6. The molecule has 0 saturated heterocycles. The zero-order valence-electron chi connectivity index (χ0n) is 9.05. The van der Waals surface area contributed by atoms with Gasteiger partial charge in [0, 0.05) is 5.69 Å². The fourth-order valence-electron chi connectivity index (χ4n) is 1.36. The molecule has 0 atom stereocenters. The Bertz CT molecular complexity index is 473. The molecule has 0 spiro atoms. The Morgan fingerprint density at radius 2 is 1.72 bits per heavy atom. The highest BCUT2D eigenvalue weighted by atomic mass is 31.2. The number of hydrogen-bond acceptors (Lipinski definition) is 3. The second-order valence-corrected chi connectivity index (χ2v) is 7.68. The molecule has 1 heterocycles. The van der Waals surface area contributed by atoms with Gasteiger partial charge in [0.25, 0.3) is 0 Å². The van der Waals surface area contributed by atoms with Gasteiger partial charge in [-0.25, -0.2) is 4.39 Å². The first-order chi connectivity index (χ1) is 8.10. The highest BCUT2D eigenvalue weighted by Gasteiger charge is 2.42. The number of aromatic nitrogens is 1. The van der Waals surface area contributed by atoms with E-state index in [1.165, 1.54) is 6.07 Å². The van der Waals surface area contributed by atoms with Gasteiger partial charge in [0.1, 0.15) is 5.82 Å². The molecule has 0 saturated carbocycles. The van der Waals surface area contributed by atoms with E-state index in [0.717, 1.165) is 12.3 Å². The fourth-order valence-corrected chi connectivity index (χ4v) is 3.86. The number of rotatable bonds is 5. The van der Waals surface area contributed by atoms with Crippen LogP contribution in [0.4, 0.5) is 4.39 Å². The molecule has 0 bridgehead atoms. The van der Waals surface area contributed by atoms with E-state index in [4.69, 9.17) is 19.6 Å². The number of halogens is 1. The molecule has 1 aromatic rings. The van der Waals surface area contributed by atoms with Crippen molar-refractivity contribution in [2.24, 2.45) is 0 Å². The van der Waals surface area contributed by atoms with Crippen LogP contribution in [0.15, 0.2) is 18.3 Å². The second-order valence-electron chi connectivity index (χ2n) is 3.67. The van der Waals surface area contributed by atoms with Crippen molar-refractivity contribution in [2.45, 2.75) is 18.2 Å². The van der Waals surface area contributed by atoms with Gasteiger partial charge in [0.05, 0.1) is 6.20 Å². The molecule has 4 N–H and O–H groups in total. The van der Waals surface area contributed by atoms with Crippen LogP contribution in [0.3, 0.4) is 0 Å². The third-order valence-corrected chi connectivity index (χ3v) is 6.10. The van der Waals surface area contributed by atoms with Crippen LogP contribution in [-0.2, 0) is 15.6 Å². The van der Waals surface area contributed by atoms with Gasteiger partial charge in [-0.2, -0.15) is 0 Å². The lowest BCUT2D eigenvalue weighted by molar-refractivity contribution is 0.335. The zero-order valence-corrected chi connectivity index (χ0v) is 10.8. The molecule has 0 radical (unpaired) electrons. The molecule has 0 amide bonds. The predicted octanol–water partition coefficient (Wildman–Crippen LogP) is 0.835. The summed E-state index contributed by atoms with van der Waals surface area (Å²) in [4.78, 5) is 39.1. The van der Waals surface area contributed by atoms with Crippen molar-refractivity contribution >= 4 is 15.2 Å². The van der Waals surface area contributed by atoms with E-state index >= 15 is 0 Å². The van der Waals surface area contributed by atoms with E-state index in [9.17, 15) is 13.5 Å². The molecule has 0 aliphatic rings. The molecule has 0 fully saturated rings. The van der Waals surface area contributed by atoms with Crippen LogP contribution < -0.4 is 0 Å². The smallest absolute Gasteiger partial charge is 0.324 e. The van der Waals surface area contributed by atoms with Gasteiger partial charge in [-0.05, 0) is 25.0 Å². The van der Waals surface area contributed by atoms with Crippen molar-refractivity contribution in [1.29, 1.82) is 0 Å². The third-order valence-electron chi connectivity index (χ3n) is 2.22. The number of aryl methyl sites for hydroxylation is 1. The molecule has 102 valence electrons. The van der Waals surface area contributed by atoms with Gasteiger partial charge >= 0.3 is 15.2 Å². The standard InChI is InChI=1S/C8H12FNO6P2/c9-6-1-2-7(10-5-6)3-4-8(17(11,12)13)18(14,15)16/h1-2,5,8H,3-4H2,(H2,11,12,13)(H2,14,15,16). The van der Waals surface area contributed by atoms with Crippen LogP contribution in [0.1, 0.15) is 12.1 Å². The Morgan fingerprint density at radius 3 is 2.11 bits per heavy atom. The summed E-state index contributed by atoms with van der Waals surface area (Å²) >= 11 is 0. The van der Waals surface area contributed by atoms with Gasteiger partial charge in [-0.3, -0.25) is 14.1 Å². The maximum Gasteiger partial charge on any atom is 0.340 e. The first-order valence-corrected chi connectivity index (χ1v) is 8.18. The minimum Gasteiger partial charge on any atom is -0.324 e. The monoisotopic (exact) mass is 299 g/mol. The summed E-state index contributed by atoms with van der Waals surface area (Å²) in [5.41, 5.74) is 0.295.